The first-order valence-corrected chi connectivity index (χ1v) is 5.84. The van der Waals surface area contributed by atoms with E-state index in [0.29, 0.717) is 23.2 Å². The van der Waals surface area contributed by atoms with Gasteiger partial charge in [0.2, 0.25) is 5.75 Å². The molecule has 0 heterocycles. The van der Waals surface area contributed by atoms with Crippen molar-refractivity contribution in [3.8, 4) is 23.3 Å². The van der Waals surface area contributed by atoms with Crippen LogP contribution in [0.3, 0.4) is 0 Å². The van der Waals surface area contributed by atoms with Crippen LogP contribution in [0, 0.1) is 17.2 Å². The lowest BCUT2D eigenvalue weighted by molar-refractivity contribution is 0.323. The van der Waals surface area contributed by atoms with Gasteiger partial charge in [0.05, 0.1) is 32.8 Å². The molecule has 1 fully saturated rings. The predicted molar refractivity (Wildman–Crippen MR) is 67.2 cm³/mol. The summed E-state index contributed by atoms with van der Waals surface area (Å²) in [5, 5.41) is 9.37. The molecule has 18 heavy (non-hydrogen) atoms. The molecule has 1 aromatic carbocycles. The van der Waals surface area contributed by atoms with E-state index in [9.17, 15) is 5.26 Å². The van der Waals surface area contributed by atoms with Crippen LogP contribution in [0.15, 0.2) is 12.1 Å². The molecule has 0 N–H and O–H groups in total. The fourth-order valence-electron chi connectivity index (χ4n) is 2.39. The number of benzene rings is 1. The molecular formula is C14H17NO3. The first kappa shape index (κ1) is 12.6. The molecule has 96 valence electrons. The molecule has 4 heteroatoms. The molecule has 0 saturated heterocycles. The third-order valence-electron chi connectivity index (χ3n) is 3.69. The van der Waals surface area contributed by atoms with Crippen LogP contribution in [0.5, 0.6) is 17.2 Å². The predicted octanol–water partition coefficient (Wildman–Crippen LogP) is 2.51. The van der Waals surface area contributed by atoms with Gasteiger partial charge in [-0.05, 0) is 30.0 Å². The van der Waals surface area contributed by atoms with Crippen LogP contribution >= 0.6 is 0 Å². The number of nitriles is 1. The molecule has 2 unspecified atom stereocenters. The highest BCUT2D eigenvalue weighted by Crippen LogP contribution is 2.55. The Morgan fingerprint density at radius 2 is 1.67 bits per heavy atom. The molecule has 4 nitrogen and oxygen atoms in total. The topological polar surface area (TPSA) is 51.5 Å². The maximum absolute atomic E-state index is 9.37. The van der Waals surface area contributed by atoms with Crippen LogP contribution in [0.4, 0.5) is 0 Å². The standard InChI is InChI=1S/C14H17NO3/c1-9-7-14(9,8-15)10-5-11(16-2)13(18-4)12(6-10)17-3/h5-6,9H,7H2,1-4H3. The van der Waals surface area contributed by atoms with E-state index in [4.69, 9.17) is 14.2 Å². The fourth-order valence-corrected chi connectivity index (χ4v) is 2.39. The van der Waals surface area contributed by atoms with Crippen LogP contribution in [0.1, 0.15) is 18.9 Å². The van der Waals surface area contributed by atoms with Gasteiger partial charge >= 0.3 is 0 Å². The maximum Gasteiger partial charge on any atom is 0.203 e. The lowest BCUT2D eigenvalue weighted by atomic mass is 9.94. The van der Waals surface area contributed by atoms with Gasteiger partial charge in [-0.1, -0.05) is 6.92 Å². The average molecular weight is 247 g/mol. The zero-order chi connectivity index (χ0) is 13.3. The van der Waals surface area contributed by atoms with Gasteiger partial charge in [0.1, 0.15) is 0 Å². The quantitative estimate of drug-likeness (QED) is 0.820. The summed E-state index contributed by atoms with van der Waals surface area (Å²) < 4.78 is 15.9. The van der Waals surface area contributed by atoms with E-state index in [1.54, 1.807) is 21.3 Å². The minimum atomic E-state index is -0.396. The van der Waals surface area contributed by atoms with Crippen LogP contribution in [0.2, 0.25) is 0 Å². The Kier molecular flexibility index (Phi) is 3.08. The number of hydrogen-bond donors (Lipinski definition) is 0. The molecule has 1 aliphatic rings. The lowest BCUT2D eigenvalue weighted by Crippen LogP contribution is -2.07. The van der Waals surface area contributed by atoms with E-state index in [1.165, 1.54) is 0 Å². The summed E-state index contributed by atoms with van der Waals surface area (Å²) in [6.45, 7) is 2.08. The number of nitrogens with zero attached hydrogens (tertiary/aromatic N) is 1. The zero-order valence-corrected chi connectivity index (χ0v) is 11.1. The van der Waals surface area contributed by atoms with Crippen molar-refractivity contribution in [3.63, 3.8) is 0 Å². The van der Waals surface area contributed by atoms with Crippen molar-refractivity contribution in [1.82, 2.24) is 0 Å². The smallest absolute Gasteiger partial charge is 0.203 e. The zero-order valence-electron chi connectivity index (χ0n) is 11.1. The van der Waals surface area contributed by atoms with Crippen molar-refractivity contribution >= 4 is 0 Å². The van der Waals surface area contributed by atoms with E-state index in [1.807, 2.05) is 12.1 Å². The van der Waals surface area contributed by atoms with E-state index >= 15 is 0 Å². The summed E-state index contributed by atoms with van der Waals surface area (Å²) in [6, 6.07) is 6.14. The summed E-state index contributed by atoms with van der Waals surface area (Å²) >= 11 is 0. The minimum Gasteiger partial charge on any atom is -0.493 e. The first-order chi connectivity index (χ1) is 8.62. The van der Waals surface area contributed by atoms with E-state index in [0.717, 1.165) is 12.0 Å². The van der Waals surface area contributed by atoms with Crippen molar-refractivity contribution < 1.29 is 14.2 Å². The molecule has 2 atom stereocenters. The normalized spacial score (nSPS) is 25.2. The van der Waals surface area contributed by atoms with E-state index < -0.39 is 5.41 Å². The van der Waals surface area contributed by atoms with Crippen molar-refractivity contribution in [3.05, 3.63) is 17.7 Å². The van der Waals surface area contributed by atoms with E-state index in [2.05, 4.69) is 13.0 Å². The van der Waals surface area contributed by atoms with Gasteiger partial charge in [0.25, 0.3) is 0 Å². The largest absolute Gasteiger partial charge is 0.493 e. The van der Waals surface area contributed by atoms with Gasteiger partial charge in [-0.2, -0.15) is 5.26 Å². The molecule has 1 saturated carbocycles. The summed E-state index contributed by atoms with van der Waals surface area (Å²) in [6.07, 6.45) is 0.877. The second-order valence-corrected chi connectivity index (χ2v) is 4.60. The first-order valence-electron chi connectivity index (χ1n) is 5.84. The monoisotopic (exact) mass is 247 g/mol. The number of hydrogen-bond acceptors (Lipinski definition) is 4. The fraction of sp³-hybridized carbons (Fsp3) is 0.500. The van der Waals surface area contributed by atoms with Crippen LogP contribution in [0.25, 0.3) is 0 Å². The Bertz CT molecular complexity index is 481. The molecule has 0 aliphatic heterocycles. The third-order valence-corrected chi connectivity index (χ3v) is 3.69. The van der Waals surface area contributed by atoms with Crippen LogP contribution < -0.4 is 14.2 Å². The van der Waals surface area contributed by atoms with Gasteiger partial charge in [-0.25, -0.2) is 0 Å². The highest BCUT2D eigenvalue weighted by Gasteiger charge is 2.53. The number of rotatable bonds is 4. The Balaban J connectivity index is 2.55. The Morgan fingerprint density at radius 3 is 1.94 bits per heavy atom. The number of methoxy groups -OCH3 is 3. The summed E-state index contributed by atoms with van der Waals surface area (Å²) in [4.78, 5) is 0. The average Bonchev–Trinajstić information content (AvgIpc) is 3.08. The van der Waals surface area contributed by atoms with Crippen molar-refractivity contribution in [2.45, 2.75) is 18.8 Å². The van der Waals surface area contributed by atoms with Crippen LogP contribution in [-0.4, -0.2) is 21.3 Å². The van der Waals surface area contributed by atoms with Crippen molar-refractivity contribution in [2.75, 3.05) is 21.3 Å². The minimum absolute atomic E-state index is 0.366. The van der Waals surface area contributed by atoms with Crippen molar-refractivity contribution in [1.29, 1.82) is 5.26 Å². The molecule has 0 aromatic heterocycles. The summed E-state index contributed by atoms with van der Waals surface area (Å²) in [5.74, 6) is 2.12. The summed E-state index contributed by atoms with van der Waals surface area (Å²) in [7, 11) is 4.73. The van der Waals surface area contributed by atoms with Gasteiger partial charge in [0.15, 0.2) is 11.5 Å². The van der Waals surface area contributed by atoms with Gasteiger partial charge < -0.3 is 14.2 Å². The number of ether oxygens (including phenoxy) is 3. The highest BCUT2D eigenvalue weighted by molar-refractivity contribution is 5.58. The Morgan fingerprint density at radius 1 is 1.17 bits per heavy atom. The van der Waals surface area contributed by atoms with Gasteiger partial charge in [0, 0.05) is 0 Å². The van der Waals surface area contributed by atoms with Gasteiger partial charge in [-0.3, -0.25) is 0 Å². The molecule has 0 radical (unpaired) electrons. The third kappa shape index (κ3) is 1.67. The summed E-state index contributed by atoms with van der Waals surface area (Å²) in [5.41, 5.74) is 0.541. The van der Waals surface area contributed by atoms with Crippen LogP contribution in [-0.2, 0) is 5.41 Å². The molecular weight excluding hydrogens is 230 g/mol. The van der Waals surface area contributed by atoms with E-state index in [-0.39, 0.29) is 0 Å². The molecule has 1 aliphatic carbocycles. The second kappa shape index (κ2) is 4.41. The maximum atomic E-state index is 9.37. The highest BCUT2D eigenvalue weighted by atomic mass is 16.5. The SMILES string of the molecule is COc1cc(C2(C#N)CC2C)cc(OC)c1OC. The Labute approximate surface area is 107 Å². The molecule has 1 aromatic rings. The second-order valence-electron chi connectivity index (χ2n) is 4.60. The lowest BCUT2D eigenvalue weighted by Gasteiger charge is -2.16. The molecule has 0 bridgehead atoms. The molecule has 2 rings (SSSR count). The molecule has 0 spiro atoms. The van der Waals surface area contributed by atoms with Gasteiger partial charge in [-0.15, -0.1) is 0 Å². The Hall–Kier alpha value is -1.89. The molecule has 0 amide bonds. The van der Waals surface area contributed by atoms with Crippen molar-refractivity contribution in [2.24, 2.45) is 5.92 Å².